The number of amides is 2. The molecule has 2 saturated heterocycles. The number of terminal acetylenes is 1. The topological polar surface area (TPSA) is 168 Å². The molecular weight excluding hydrogens is 626 g/mol. The van der Waals surface area contributed by atoms with E-state index in [0.29, 0.717) is 0 Å². The lowest BCUT2D eigenvalue weighted by Crippen LogP contribution is -2.29. The molecule has 2 amide bonds. The van der Waals surface area contributed by atoms with Gasteiger partial charge in [0.05, 0.1) is 30.3 Å². The maximum atomic E-state index is 13.2. The van der Waals surface area contributed by atoms with E-state index in [9.17, 15) is 28.8 Å². The van der Waals surface area contributed by atoms with E-state index >= 15 is 0 Å². The van der Waals surface area contributed by atoms with E-state index in [4.69, 9.17) is 6.48 Å². The molecule has 12 heteroatoms. The largest absolute Gasteiger partial charge is 0.481 e. The van der Waals surface area contributed by atoms with Gasteiger partial charge in [-0.15, -0.1) is 12.8 Å². The number of aromatic nitrogens is 3. The number of aliphatic carboxylic acids is 1. The van der Waals surface area contributed by atoms with Gasteiger partial charge in [0.15, 0.2) is 0 Å². The first kappa shape index (κ1) is 34.8. The Morgan fingerprint density at radius 1 is 0.776 bits per heavy atom. The van der Waals surface area contributed by atoms with Crippen molar-refractivity contribution in [1.29, 1.82) is 0 Å². The number of hydrogen-bond donors (Lipinski definition) is 1. The zero-order valence-corrected chi connectivity index (χ0v) is 27.5. The second-order valence-electron chi connectivity index (χ2n) is 12.4. The van der Waals surface area contributed by atoms with Crippen molar-refractivity contribution in [2.75, 3.05) is 14.1 Å². The van der Waals surface area contributed by atoms with Gasteiger partial charge in [-0.05, 0) is 34.9 Å². The number of carbonyl (C=O) groups is 6. The molecule has 3 aliphatic rings. The van der Waals surface area contributed by atoms with Gasteiger partial charge in [-0.25, -0.2) is 0 Å². The highest BCUT2D eigenvalue weighted by Gasteiger charge is 2.47. The predicted molar refractivity (Wildman–Crippen MR) is 177 cm³/mol. The van der Waals surface area contributed by atoms with E-state index in [0.717, 1.165) is 16.7 Å². The summed E-state index contributed by atoms with van der Waals surface area (Å²) in [5.74, 6) is -4.05. The monoisotopic (exact) mass is 666 g/mol. The first-order valence-electron chi connectivity index (χ1n) is 16.3. The molecule has 0 bridgehead atoms. The molecule has 5 heterocycles. The van der Waals surface area contributed by atoms with E-state index < -0.39 is 35.8 Å². The Bertz CT molecular complexity index is 1670. The van der Waals surface area contributed by atoms with Crippen molar-refractivity contribution in [3.63, 3.8) is 0 Å². The molecule has 1 N–H and O–H groups in total. The first-order valence-corrected chi connectivity index (χ1v) is 15.8. The van der Waals surface area contributed by atoms with Crippen molar-refractivity contribution < 1.29 is 35.2 Å². The van der Waals surface area contributed by atoms with Crippen LogP contribution in [0.1, 0.15) is 68.7 Å². The molecule has 0 aromatic carbocycles. The Kier molecular flexibility index (Phi) is 11.4. The SMILES string of the molecule is CN1C(=O)CC(C(=O)O)C1c1cccnc1.C[C@@H]1C(=O)CC(C(=O)CC(=O)C2CC(=O)N(C)C2c2cccnc2)C1c1cccnc1.[2H]C#C. The Labute approximate surface area is 286 Å². The van der Waals surface area contributed by atoms with Crippen molar-refractivity contribution >= 4 is 35.1 Å². The van der Waals surface area contributed by atoms with Gasteiger partial charge >= 0.3 is 5.97 Å². The molecule has 2 aliphatic heterocycles. The smallest absolute Gasteiger partial charge is 0.309 e. The van der Waals surface area contributed by atoms with Gasteiger partial charge in [-0.1, -0.05) is 25.1 Å². The van der Waals surface area contributed by atoms with Crippen LogP contribution in [0.5, 0.6) is 0 Å². The average molecular weight is 667 g/mol. The molecule has 6 unspecified atom stereocenters. The Morgan fingerprint density at radius 2 is 1.20 bits per heavy atom. The number of rotatable bonds is 8. The molecule has 0 radical (unpaired) electrons. The molecule has 3 aromatic rings. The average Bonchev–Trinajstić information content (AvgIpc) is 3.71. The van der Waals surface area contributed by atoms with Crippen LogP contribution < -0.4 is 0 Å². The van der Waals surface area contributed by atoms with E-state index in [1.54, 1.807) is 80.4 Å². The molecule has 3 aromatic heterocycles. The number of carboxylic acid groups (broad SMARTS) is 1. The third-order valence-corrected chi connectivity index (χ3v) is 9.69. The summed E-state index contributed by atoms with van der Waals surface area (Å²) in [6, 6.07) is 9.97. The number of carbonyl (C=O) groups excluding carboxylic acids is 5. The minimum absolute atomic E-state index is 0.0312. The normalized spacial score (nSPS) is 26.1. The van der Waals surface area contributed by atoms with Crippen LogP contribution in [-0.2, 0) is 28.8 Å². The minimum atomic E-state index is -0.938. The zero-order chi connectivity index (χ0) is 36.5. The number of Topliss-reactive ketones (excluding diaryl/α,β-unsaturated/α-hetero) is 3. The first-order chi connectivity index (χ1) is 23.9. The lowest BCUT2D eigenvalue weighted by molar-refractivity contribution is -0.142. The van der Waals surface area contributed by atoms with Gasteiger partial charge in [0.1, 0.15) is 18.7 Å². The molecule has 0 spiro atoms. The molecule has 12 nitrogen and oxygen atoms in total. The lowest BCUT2D eigenvalue weighted by atomic mass is 9.80. The third-order valence-electron chi connectivity index (χ3n) is 9.69. The van der Waals surface area contributed by atoms with E-state index in [2.05, 4.69) is 21.4 Å². The summed E-state index contributed by atoms with van der Waals surface area (Å²) >= 11 is 0. The summed E-state index contributed by atoms with van der Waals surface area (Å²) in [6.07, 6.45) is 15.6. The second kappa shape index (κ2) is 16.0. The Balaban J connectivity index is 0.000000247. The highest BCUT2D eigenvalue weighted by atomic mass is 16.4. The minimum Gasteiger partial charge on any atom is -0.481 e. The van der Waals surface area contributed by atoms with E-state index in [-0.39, 0.29) is 66.7 Å². The van der Waals surface area contributed by atoms with Crippen LogP contribution in [0.2, 0.25) is 0 Å². The second-order valence-corrected chi connectivity index (χ2v) is 12.4. The maximum Gasteiger partial charge on any atom is 0.309 e. The fraction of sp³-hybridized carbons (Fsp3) is 0.378. The van der Waals surface area contributed by atoms with Crippen LogP contribution in [0, 0.1) is 36.5 Å². The highest BCUT2D eigenvalue weighted by Crippen LogP contribution is 2.44. The van der Waals surface area contributed by atoms with E-state index in [1.165, 1.54) is 11.3 Å². The fourth-order valence-electron chi connectivity index (χ4n) is 7.18. The number of pyridine rings is 3. The van der Waals surface area contributed by atoms with Gasteiger partial charge < -0.3 is 14.9 Å². The number of carboxylic acids is 1. The van der Waals surface area contributed by atoms with Crippen LogP contribution in [0.4, 0.5) is 0 Å². The zero-order valence-electron chi connectivity index (χ0n) is 28.5. The quantitative estimate of drug-likeness (QED) is 0.278. The molecule has 7 atom stereocenters. The standard InChI is InChI=1S/C24H25N3O4.C11H12N2O3.C2H2/c1-14-19(28)9-17(23(14)15-5-3-7-25-12-15)20(29)11-21(30)18-10-22(31)27(2)24(18)16-6-4-8-26-13-16;1-13-9(14)5-8(11(15)16)10(13)7-3-2-4-12-6-7;1-2/h3-8,12-14,17-18,23-24H,9-11H2,1-2H3;2-4,6,8,10H,5H2,1H3,(H,15,16);1-2H/t14-,17?,18?,23?,24?;;/m1../s1/i;;1D. The molecular formula is C37H39N5O7. The molecule has 254 valence electrons. The lowest BCUT2D eigenvalue weighted by Gasteiger charge is -2.25. The molecule has 1 saturated carbocycles. The van der Waals surface area contributed by atoms with Gasteiger partial charge in [-0.2, -0.15) is 0 Å². The van der Waals surface area contributed by atoms with Crippen LogP contribution >= 0.6 is 0 Å². The van der Waals surface area contributed by atoms with Gasteiger partial charge in [-0.3, -0.25) is 43.7 Å². The number of ketones is 3. The third kappa shape index (κ3) is 7.78. The number of likely N-dealkylation sites (tertiary alicyclic amines) is 2. The summed E-state index contributed by atoms with van der Waals surface area (Å²) in [7, 11) is 3.30. The van der Waals surface area contributed by atoms with Crippen molar-refractivity contribution in [1.82, 2.24) is 24.8 Å². The maximum absolute atomic E-state index is 13.2. The van der Waals surface area contributed by atoms with Crippen molar-refractivity contribution in [2.24, 2.45) is 23.7 Å². The highest BCUT2D eigenvalue weighted by molar-refractivity contribution is 6.06. The predicted octanol–water partition coefficient (Wildman–Crippen LogP) is 3.47. The number of hydrogen-bond acceptors (Lipinski definition) is 9. The number of nitrogens with zero attached hydrogens (tertiary/aromatic N) is 5. The van der Waals surface area contributed by atoms with Crippen LogP contribution in [0.3, 0.4) is 0 Å². The summed E-state index contributed by atoms with van der Waals surface area (Å²) in [6.45, 7) is 1.83. The summed E-state index contributed by atoms with van der Waals surface area (Å²) < 4.78 is 5.74. The molecule has 6 rings (SSSR count). The summed E-state index contributed by atoms with van der Waals surface area (Å²) in [4.78, 5) is 89.0. The van der Waals surface area contributed by atoms with Gasteiger partial charge in [0, 0.05) is 88.3 Å². The molecule has 1 aliphatic carbocycles. The van der Waals surface area contributed by atoms with Crippen LogP contribution in [0.15, 0.2) is 73.6 Å². The van der Waals surface area contributed by atoms with Crippen LogP contribution in [-0.4, -0.2) is 79.1 Å². The van der Waals surface area contributed by atoms with Gasteiger partial charge in [0.25, 0.3) is 0 Å². The fourth-order valence-corrected chi connectivity index (χ4v) is 7.18. The van der Waals surface area contributed by atoms with Crippen LogP contribution in [0.25, 0.3) is 0 Å². The molecule has 3 fully saturated rings. The Hall–Kier alpha value is -5.57. The van der Waals surface area contributed by atoms with Gasteiger partial charge in [0.2, 0.25) is 11.8 Å². The van der Waals surface area contributed by atoms with Crippen molar-refractivity contribution in [2.45, 2.75) is 50.6 Å². The molecule has 49 heavy (non-hydrogen) atoms. The van der Waals surface area contributed by atoms with Crippen molar-refractivity contribution in [3.05, 3.63) is 90.3 Å². The Morgan fingerprint density at radius 3 is 1.65 bits per heavy atom. The van der Waals surface area contributed by atoms with E-state index in [1.807, 2.05) is 19.1 Å². The van der Waals surface area contributed by atoms with Crippen molar-refractivity contribution in [3.8, 4) is 12.8 Å². The summed E-state index contributed by atoms with van der Waals surface area (Å²) in [5, 5.41) is 9.08. The summed E-state index contributed by atoms with van der Waals surface area (Å²) in [5.41, 5.74) is 2.39.